The lowest BCUT2D eigenvalue weighted by atomic mass is 10.3. The van der Waals surface area contributed by atoms with Crippen LogP contribution in [0.15, 0.2) is 0 Å². The number of ether oxygens (including phenoxy) is 3. The minimum atomic E-state index is -1.13. The molecule has 0 aliphatic carbocycles. The third-order valence-electron chi connectivity index (χ3n) is 1.88. The molecule has 0 radical (unpaired) electrons. The molecular formula is C9H21ClO4Si. The molecule has 92 valence electrons. The molecular weight excluding hydrogens is 236 g/mol. The van der Waals surface area contributed by atoms with E-state index in [2.05, 4.69) is 0 Å². The molecule has 0 amide bonds. The molecule has 0 rings (SSSR count). The maximum atomic E-state index is 5.83. The molecule has 1 unspecified atom stereocenters. The van der Waals surface area contributed by atoms with Crippen LogP contribution in [0.1, 0.15) is 20.8 Å². The Morgan fingerprint density at radius 1 is 1.13 bits per heavy atom. The van der Waals surface area contributed by atoms with Gasteiger partial charge in [0.25, 0.3) is 0 Å². The Kier molecular flexibility index (Phi) is 8.69. The minimum Gasteiger partial charge on any atom is -0.378 e. The van der Waals surface area contributed by atoms with Gasteiger partial charge < -0.3 is 18.6 Å². The molecule has 0 aliphatic rings. The van der Waals surface area contributed by atoms with Crippen molar-refractivity contribution in [1.29, 1.82) is 0 Å². The molecule has 0 spiro atoms. The Morgan fingerprint density at radius 2 is 1.67 bits per heavy atom. The summed E-state index contributed by atoms with van der Waals surface area (Å²) in [6.45, 7) is 7.18. The predicted octanol–water partition coefficient (Wildman–Crippen LogP) is 0.654. The summed E-state index contributed by atoms with van der Waals surface area (Å²) < 4.78 is 21.9. The molecule has 0 saturated carbocycles. The van der Waals surface area contributed by atoms with Gasteiger partial charge >= 0.3 is 5.97 Å². The van der Waals surface area contributed by atoms with Gasteiger partial charge in [0.05, 0.1) is 5.88 Å². The van der Waals surface area contributed by atoms with Crippen molar-refractivity contribution in [1.82, 2.24) is 0 Å². The fourth-order valence-corrected chi connectivity index (χ4v) is 2.10. The summed E-state index contributed by atoms with van der Waals surface area (Å²) in [5, 5.41) is 0. The van der Waals surface area contributed by atoms with E-state index >= 15 is 0 Å². The number of rotatable bonds is 9. The van der Waals surface area contributed by atoms with E-state index in [9.17, 15) is 0 Å². The number of hydrogen-bond acceptors (Lipinski definition) is 4. The summed E-state index contributed by atoms with van der Waals surface area (Å²) >= 11 is 5.83. The van der Waals surface area contributed by atoms with Crippen LogP contribution in [0.25, 0.3) is 0 Å². The number of alkyl halides is 1. The fraction of sp³-hybridized carbons (Fsp3) is 1.00. The van der Waals surface area contributed by atoms with E-state index in [0.29, 0.717) is 30.3 Å². The van der Waals surface area contributed by atoms with Crippen LogP contribution in [0.5, 0.6) is 0 Å². The van der Waals surface area contributed by atoms with Crippen molar-refractivity contribution in [2.45, 2.75) is 32.8 Å². The van der Waals surface area contributed by atoms with Crippen LogP contribution in [0.2, 0.25) is 0 Å². The molecule has 0 heterocycles. The third kappa shape index (κ3) is 4.38. The van der Waals surface area contributed by atoms with Crippen molar-refractivity contribution < 1.29 is 18.6 Å². The second-order valence-electron chi connectivity index (χ2n) is 2.77. The molecule has 0 aromatic heterocycles. The first-order chi connectivity index (χ1) is 7.20. The quantitative estimate of drug-likeness (QED) is 0.345. The third-order valence-corrected chi connectivity index (χ3v) is 2.73. The van der Waals surface area contributed by atoms with Gasteiger partial charge in [-0.15, -0.1) is 11.6 Å². The summed E-state index contributed by atoms with van der Waals surface area (Å²) in [4.78, 5) is 0. The Hall–Kier alpha value is 0.347. The molecule has 0 saturated heterocycles. The predicted molar refractivity (Wildman–Crippen MR) is 63.1 cm³/mol. The zero-order valence-electron chi connectivity index (χ0n) is 9.92. The van der Waals surface area contributed by atoms with E-state index in [-0.39, 0.29) is 5.88 Å². The molecule has 6 heteroatoms. The van der Waals surface area contributed by atoms with Crippen LogP contribution in [0.3, 0.4) is 0 Å². The van der Waals surface area contributed by atoms with Crippen molar-refractivity contribution in [2.75, 3.05) is 25.7 Å². The van der Waals surface area contributed by atoms with E-state index in [4.69, 9.17) is 30.2 Å². The molecule has 1 atom stereocenters. The molecule has 0 aromatic rings. The molecule has 0 bridgehead atoms. The first kappa shape index (κ1) is 15.3. The summed E-state index contributed by atoms with van der Waals surface area (Å²) in [7, 11) is 0.495. The zero-order valence-corrected chi connectivity index (χ0v) is 12.7. The van der Waals surface area contributed by atoms with Crippen molar-refractivity contribution in [2.24, 2.45) is 0 Å². The van der Waals surface area contributed by atoms with Gasteiger partial charge in [-0.1, -0.05) is 0 Å². The Balaban J connectivity index is 4.65. The lowest BCUT2D eigenvalue weighted by Gasteiger charge is -2.37. The molecule has 0 aromatic carbocycles. The molecule has 0 N–H and O–H groups in total. The average Bonchev–Trinajstić information content (AvgIpc) is 2.25. The van der Waals surface area contributed by atoms with E-state index in [1.54, 1.807) is 0 Å². The minimum absolute atomic E-state index is 0.274. The highest BCUT2D eigenvalue weighted by atomic mass is 35.5. The summed E-state index contributed by atoms with van der Waals surface area (Å²) in [5.74, 6) is -0.858. The van der Waals surface area contributed by atoms with Crippen molar-refractivity contribution in [3.8, 4) is 0 Å². The van der Waals surface area contributed by atoms with Crippen LogP contribution < -0.4 is 0 Å². The lowest BCUT2D eigenvalue weighted by Crippen LogP contribution is -2.52. The SMILES string of the molecule is CCOC(CCl)C(O[SiH3])(OCC)OCC. The van der Waals surface area contributed by atoms with Crippen molar-refractivity contribution in [3.63, 3.8) is 0 Å². The zero-order chi connectivity index (χ0) is 11.7. The lowest BCUT2D eigenvalue weighted by molar-refractivity contribution is -0.379. The smallest absolute Gasteiger partial charge is 0.301 e. The van der Waals surface area contributed by atoms with E-state index in [0.717, 1.165) is 0 Å². The topological polar surface area (TPSA) is 36.9 Å². The van der Waals surface area contributed by atoms with Crippen LogP contribution in [0, 0.1) is 0 Å². The van der Waals surface area contributed by atoms with Gasteiger partial charge in [-0.3, -0.25) is 0 Å². The standard InChI is InChI=1S/C9H21ClO4Si/c1-4-11-8(7-10)9(14-15,12-5-2)13-6-3/h8H,4-7H2,1-3,15H3. The van der Waals surface area contributed by atoms with Gasteiger partial charge in [0.15, 0.2) is 16.6 Å². The van der Waals surface area contributed by atoms with Crippen molar-refractivity contribution >= 4 is 22.1 Å². The van der Waals surface area contributed by atoms with E-state index in [1.807, 2.05) is 20.8 Å². The highest BCUT2D eigenvalue weighted by Crippen LogP contribution is 2.23. The first-order valence-corrected chi connectivity index (χ1v) is 6.56. The summed E-state index contributed by atoms with van der Waals surface area (Å²) in [6, 6.07) is 0. The number of halogens is 1. The maximum absolute atomic E-state index is 5.83. The van der Waals surface area contributed by atoms with Crippen LogP contribution in [-0.4, -0.2) is 48.3 Å². The highest BCUT2D eigenvalue weighted by molar-refractivity contribution is 6.18. The van der Waals surface area contributed by atoms with Crippen LogP contribution in [-0.2, 0) is 18.6 Å². The largest absolute Gasteiger partial charge is 0.378 e. The van der Waals surface area contributed by atoms with Crippen LogP contribution in [0.4, 0.5) is 0 Å². The second-order valence-corrected chi connectivity index (χ2v) is 3.49. The average molecular weight is 257 g/mol. The van der Waals surface area contributed by atoms with Gasteiger partial charge in [0.2, 0.25) is 0 Å². The van der Waals surface area contributed by atoms with Gasteiger partial charge in [-0.05, 0) is 20.8 Å². The normalized spacial score (nSPS) is 14.4. The summed E-state index contributed by atoms with van der Waals surface area (Å²) in [5.41, 5.74) is 0. The van der Waals surface area contributed by atoms with Gasteiger partial charge in [0.1, 0.15) is 0 Å². The maximum Gasteiger partial charge on any atom is 0.301 e. The Labute approximate surface area is 99.7 Å². The molecule has 4 nitrogen and oxygen atoms in total. The monoisotopic (exact) mass is 256 g/mol. The molecule has 0 fully saturated rings. The molecule has 0 aliphatic heterocycles. The molecule has 15 heavy (non-hydrogen) atoms. The van der Waals surface area contributed by atoms with E-state index in [1.165, 1.54) is 0 Å². The van der Waals surface area contributed by atoms with Gasteiger partial charge in [0, 0.05) is 19.8 Å². The summed E-state index contributed by atoms with van der Waals surface area (Å²) in [6.07, 6.45) is -0.401. The number of hydrogen-bond donors (Lipinski definition) is 0. The fourth-order valence-electron chi connectivity index (χ4n) is 1.32. The van der Waals surface area contributed by atoms with Gasteiger partial charge in [-0.2, -0.15) is 0 Å². The van der Waals surface area contributed by atoms with E-state index < -0.39 is 12.1 Å². The second kappa shape index (κ2) is 8.49. The van der Waals surface area contributed by atoms with Gasteiger partial charge in [-0.25, -0.2) is 0 Å². The Morgan fingerprint density at radius 3 is 1.93 bits per heavy atom. The first-order valence-electron chi connectivity index (χ1n) is 5.21. The highest BCUT2D eigenvalue weighted by Gasteiger charge is 2.41. The Bertz CT molecular complexity index is 153. The van der Waals surface area contributed by atoms with Crippen LogP contribution >= 0.6 is 11.6 Å². The van der Waals surface area contributed by atoms with Crippen molar-refractivity contribution in [3.05, 3.63) is 0 Å².